The predicted octanol–water partition coefficient (Wildman–Crippen LogP) is 3.80. The molecule has 0 bridgehead atoms. The zero-order chi connectivity index (χ0) is 10.6. The van der Waals surface area contributed by atoms with Gasteiger partial charge in [0.2, 0.25) is 0 Å². The molecule has 1 saturated heterocycles. The molecule has 1 N–H and O–H groups in total. The van der Waals surface area contributed by atoms with Crippen molar-refractivity contribution in [3.8, 4) is 0 Å². The molecule has 1 fully saturated rings. The normalized spacial score (nSPS) is 34.1. The van der Waals surface area contributed by atoms with Crippen LogP contribution < -0.4 is 5.32 Å². The molecule has 1 aliphatic carbocycles. The molecular weight excluding hydrogens is 182 g/mol. The Morgan fingerprint density at radius 3 is 2.87 bits per heavy atom. The lowest BCUT2D eigenvalue weighted by Gasteiger charge is -2.32. The van der Waals surface area contributed by atoms with Gasteiger partial charge in [0.25, 0.3) is 0 Å². The minimum atomic E-state index is 0.334. The van der Waals surface area contributed by atoms with Gasteiger partial charge < -0.3 is 5.32 Å². The zero-order valence-electron chi connectivity index (χ0n) is 10.1. The summed E-state index contributed by atoms with van der Waals surface area (Å²) in [6.07, 6.45) is 14.9. The summed E-state index contributed by atoms with van der Waals surface area (Å²) in [5.74, 6) is 0. The second kappa shape index (κ2) is 5.16. The third-order valence-electron chi connectivity index (χ3n) is 4.12. The molecule has 1 aliphatic heterocycles. The zero-order valence-corrected chi connectivity index (χ0v) is 10.1. The van der Waals surface area contributed by atoms with E-state index >= 15 is 0 Å². The van der Waals surface area contributed by atoms with Crippen LogP contribution >= 0.6 is 0 Å². The van der Waals surface area contributed by atoms with Gasteiger partial charge in [-0.15, -0.1) is 0 Å². The SMILES string of the molecule is CC1(C2=CCCCCC2)CCCCCN1. The van der Waals surface area contributed by atoms with E-state index in [1.807, 2.05) is 0 Å². The molecule has 1 unspecified atom stereocenters. The number of hydrogen-bond acceptors (Lipinski definition) is 1. The van der Waals surface area contributed by atoms with Gasteiger partial charge in [-0.05, 0) is 52.0 Å². The highest BCUT2D eigenvalue weighted by Gasteiger charge is 2.28. The molecule has 0 radical (unpaired) electrons. The van der Waals surface area contributed by atoms with Crippen LogP contribution in [0.5, 0.6) is 0 Å². The predicted molar refractivity (Wildman–Crippen MR) is 66.0 cm³/mol. The summed E-state index contributed by atoms with van der Waals surface area (Å²) in [7, 11) is 0. The van der Waals surface area contributed by atoms with Gasteiger partial charge in [-0.3, -0.25) is 0 Å². The summed E-state index contributed by atoms with van der Waals surface area (Å²) in [6.45, 7) is 3.64. The van der Waals surface area contributed by atoms with Crippen LogP contribution in [0.4, 0.5) is 0 Å². The average Bonchev–Trinajstić information content (AvgIpc) is 2.60. The Morgan fingerprint density at radius 2 is 1.93 bits per heavy atom. The van der Waals surface area contributed by atoms with Crippen LogP contribution in [-0.2, 0) is 0 Å². The Balaban J connectivity index is 2.07. The van der Waals surface area contributed by atoms with Crippen molar-refractivity contribution in [2.24, 2.45) is 0 Å². The molecule has 0 amide bonds. The first-order valence-corrected chi connectivity index (χ1v) is 6.76. The lowest BCUT2D eigenvalue weighted by atomic mass is 9.84. The van der Waals surface area contributed by atoms with E-state index in [9.17, 15) is 0 Å². The van der Waals surface area contributed by atoms with Gasteiger partial charge in [0.1, 0.15) is 0 Å². The molecule has 1 heterocycles. The number of hydrogen-bond donors (Lipinski definition) is 1. The van der Waals surface area contributed by atoms with E-state index in [-0.39, 0.29) is 0 Å². The van der Waals surface area contributed by atoms with Crippen molar-refractivity contribution in [3.63, 3.8) is 0 Å². The third-order valence-corrected chi connectivity index (χ3v) is 4.12. The van der Waals surface area contributed by atoms with Gasteiger partial charge >= 0.3 is 0 Å². The van der Waals surface area contributed by atoms with Crippen LogP contribution in [0.25, 0.3) is 0 Å². The minimum Gasteiger partial charge on any atom is -0.308 e. The molecule has 86 valence electrons. The van der Waals surface area contributed by atoms with Crippen molar-refractivity contribution in [2.45, 2.75) is 70.3 Å². The third kappa shape index (κ3) is 2.84. The van der Waals surface area contributed by atoms with E-state index in [1.54, 1.807) is 5.57 Å². The van der Waals surface area contributed by atoms with Crippen molar-refractivity contribution in [1.82, 2.24) is 5.32 Å². The smallest absolute Gasteiger partial charge is 0.0365 e. The molecule has 2 aliphatic rings. The van der Waals surface area contributed by atoms with Crippen LogP contribution in [0.15, 0.2) is 11.6 Å². The van der Waals surface area contributed by atoms with Crippen LogP contribution in [0.2, 0.25) is 0 Å². The summed E-state index contributed by atoms with van der Waals surface area (Å²) >= 11 is 0. The summed E-state index contributed by atoms with van der Waals surface area (Å²) in [4.78, 5) is 0. The summed E-state index contributed by atoms with van der Waals surface area (Å²) in [6, 6.07) is 0. The monoisotopic (exact) mass is 207 g/mol. The van der Waals surface area contributed by atoms with Gasteiger partial charge in [0.15, 0.2) is 0 Å². The molecule has 1 nitrogen and oxygen atoms in total. The fraction of sp³-hybridized carbons (Fsp3) is 0.857. The Morgan fingerprint density at radius 1 is 1.07 bits per heavy atom. The number of allylic oxidation sites excluding steroid dienone is 1. The maximum absolute atomic E-state index is 3.79. The van der Waals surface area contributed by atoms with Gasteiger partial charge in [0.05, 0.1) is 0 Å². The van der Waals surface area contributed by atoms with E-state index in [2.05, 4.69) is 18.3 Å². The van der Waals surface area contributed by atoms with Crippen molar-refractivity contribution >= 4 is 0 Å². The van der Waals surface area contributed by atoms with Gasteiger partial charge in [-0.1, -0.05) is 30.9 Å². The van der Waals surface area contributed by atoms with Crippen molar-refractivity contribution < 1.29 is 0 Å². The van der Waals surface area contributed by atoms with E-state index in [1.165, 1.54) is 64.3 Å². The molecule has 0 aromatic rings. The first-order valence-electron chi connectivity index (χ1n) is 6.76. The first kappa shape index (κ1) is 11.2. The van der Waals surface area contributed by atoms with Gasteiger partial charge in [0, 0.05) is 5.54 Å². The van der Waals surface area contributed by atoms with Crippen LogP contribution in [-0.4, -0.2) is 12.1 Å². The average molecular weight is 207 g/mol. The van der Waals surface area contributed by atoms with Crippen LogP contribution in [0, 0.1) is 0 Å². The second-order valence-corrected chi connectivity index (χ2v) is 5.40. The highest BCUT2D eigenvalue weighted by Crippen LogP contribution is 2.32. The molecule has 2 rings (SSSR count). The molecule has 0 spiro atoms. The molecule has 0 saturated carbocycles. The molecule has 0 aromatic heterocycles. The van der Waals surface area contributed by atoms with E-state index in [0.29, 0.717) is 5.54 Å². The molecule has 0 aromatic carbocycles. The quantitative estimate of drug-likeness (QED) is 0.645. The highest BCUT2D eigenvalue weighted by molar-refractivity contribution is 5.20. The molecule has 15 heavy (non-hydrogen) atoms. The Kier molecular flexibility index (Phi) is 3.85. The molecular formula is C14H25N. The number of nitrogens with one attached hydrogen (secondary N) is 1. The minimum absolute atomic E-state index is 0.334. The van der Waals surface area contributed by atoms with Crippen LogP contribution in [0.1, 0.15) is 64.7 Å². The maximum atomic E-state index is 3.79. The largest absolute Gasteiger partial charge is 0.308 e. The maximum Gasteiger partial charge on any atom is 0.0365 e. The fourth-order valence-corrected chi connectivity index (χ4v) is 3.02. The summed E-state index contributed by atoms with van der Waals surface area (Å²) in [5, 5.41) is 3.79. The van der Waals surface area contributed by atoms with Crippen molar-refractivity contribution in [1.29, 1.82) is 0 Å². The Labute approximate surface area is 94.3 Å². The van der Waals surface area contributed by atoms with Crippen molar-refractivity contribution in [3.05, 3.63) is 11.6 Å². The summed E-state index contributed by atoms with van der Waals surface area (Å²) in [5.41, 5.74) is 2.04. The number of rotatable bonds is 1. The first-order chi connectivity index (χ1) is 7.31. The lowest BCUT2D eigenvalue weighted by molar-refractivity contribution is 0.395. The van der Waals surface area contributed by atoms with E-state index in [0.717, 1.165) is 0 Å². The van der Waals surface area contributed by atoms with Gasteiger partial charge in [-0.25, -0.2) is 0 Å². The molecule has 1 heteroatoms. The Bertz CT molecular complexity index is 221. The second-order valence-electron chi connectivity index (χ2n) is 5.40. The lowest BCUT2D eigenvalue weighted by Crippen LogP contribution is -2.43. The van der Waals surface area contributed by atoms with Gasteiger partial charge in [-0.2, -0.15) is 0 Å². The van der Waals surface area contributed by atoms with E-state index in [4.69, 9.17) is 0 Å². The molecule has 1 atom stereocenters. The summed E-state index contributed by atoms with van der Waals surface area (Å²) < 4.78 is 0. The Hall–Kier alpha value is -0.300. The standard InChI is InChI=1S/C14H25N/c1-14(11-7-4-8-12-15-14)13-9-5-2-3-6-10-13/h9,15H,2-8,10-12H2,1H3. The van der Waals surface area contributed by atoms with Crippen molar-refractivity contribution in [2.75, 3.05) is 6.54 Å². The fourth-order valence-electron chi connectivity index (χ4n) is 3.02. The van der Waals surface area contributed by atoms with E-state index < -0.39 is 0 Å². The highest BCUT2D eigenvalue weighted by atomic mass is 15.0. The van der Waals surface area contributed by atoms with Crippen LogP contribution in [0.3, 0.4) is 0 Å². The topological polar surface area (TPSA) is 12.0 Å².